The van der Waals surface area contributed by atoms with Crippen molar-refractivity contribution in [3.63, 3.8) is 0 Å². The Morgan fingerprint density at radius 2 is 2.00 bits per heavy atom. The third kappa shape index (κ3) is 4.69. The highest BCUT2D eigenvalue weighted by atomic mass is 16.5. The maximum absolute atomic E-state index is 12.9. The van der Waals surface area contributed by atoms with Gasteiger partial charge in [-0.15, -0.1) is 0 Å². The molecule has 0 aromatic carbocycles. The molecule has 9 heteroatoms. The van der Waals surface area contributed by atoms with E-state index in [4.69, 9.17) is 4.74 Å². The van der Waals surface area contributed by atoms with E-state index in [1.54, 1.807) is 23.0 Å². The summed E-state index contributed by atoms with van der Waals surface area (Å²) in [5.74, 6) is -0.0775. The van der Waals surface area contributed by atoms with Crippen LogP contribution in [0.2, 0.25) is 0 Å². The minimum Gasteiger partial charge on any atom is -0.452 e. The van der Waals surface area contributed by atoms with E-state index in [0.717, 1.165) is 36.9 Å². The molecule has 0 radical (unpaired) electrons. The van der Waals surface area contributed by atoms with Gasteiger partial charge in [0.15, 0.2) is 12.4 Å². The molecule has 0 bridgehead atoms. The summed E-state index contributed by atoms with van der Waals surface area (Å²) in [6.45, 7) is 7.29. The molecule has 1 saturated carbocycles. The van der Waals surface area contributed by atoms with E-state index in [1.165, 1.54) is 6.20 Å². The highest BCUT2D eigenvalue weighted by molar-refractivity contribution is 5.96. The van der Waals surface area contributed by atoms with Gasteiger partial charge >= 0.3 is 5.97 Å². The van der Waals surface area contributed by atoms with Crippen LogP contribution in [0.5, 0.6) is 0 Å². The molecule has 182 valence electrons. The van der Waals surface area contributed by atoms with Crippen LogP contribution in [0.4, 0.5) is 5.82 Å². The second kappa shape index (κ2) is 10.1. The van der Waals surface area contributed by atoms with Crippen molar-refractivity contribution in [3.05, 3.63) is 58.7 Å². The van der Waals surface area contributed by atoms with Crippen LogP contribution < -0.4 is 5.32 Å². The topological polar surface area (TPSA) is 115 Å². The first-order valence-electron chi connectivity index (χ1n) is 11.9. The fourth-order valence-electron chi connectivity index (χ4n) is 4.82. The molecule has 1 aliphatic rings. The zero-order valence-corrected chi connectivity index (χ0v) is 20.5. The first-order valence-corrected chi connectivity index (χ1v) is 11.9. The first kappa shape index (κ1) is 24.2. The summed E-state index contributed by atoms with van der Waals surface area (Å²) in [4.78, 5) is 30.0. The Hall–Kier alpha value is -3.93. The number of hydrogen-bond acceptors (Lipinski definition) is 6. The number of amides is 1. The third-order valence-corrected chi connectivity index (χ3v) is 6.59. The number of pyridine rings is 1. The maximum atomic E-state index is 12.9. The Morgan fingerprint density at radius 1 is 1.26 bits per heavy atom. The number of carbonyl (C=O) groups excluding carboxylic acids is 2. The number of nitriles is 1. The lowest BCUT2D eigenvalue weighted by molar-refractivity contribution is -0.119. The van der Waals surface area contributed by atoms with Crippen LogP contribution in [-0.4, -0.2) is 37.8 Å². The number of rotatable bonds is 7. The SMILES string of the molecule is Cc1c(C#N)c(NC(=O)COC(=O)c2cnn(-c3ccccn3)c2C(C)C)n(C2CCCC2)c1C. The zero-order valence-electron chi connectivity index (χ0n) is 20.5. The summed E-state index contributed by atoms with van der Waals surface area (Å²) < 4.78 is 9.04. The van der Waals surface area contributed by atoms with Gasteiger partial charge in [-0.2, -0.15) is 10.4 Å². The molecule has 3 aromatic heterocycles. The van der Waals surface area contributed by atoms with Crippen molar-refractivity contribution < 1.29 is 14.3 Å². The summed E-state index contributed by atoms with van der Waals surface area (Å²) in [5.41, 5.74) is 3.23. The normalized spacial score (nSPS) is 13.7. The monoisotopic (exact) mass is 474 g/mol. The van der Waals surface area contributed by atoms with Crippen LogP contribution >= 0.6 is 0 Å². The lowest BCUT2D eigenvalue weighted by Crippen LogP contribution is -2.24. The smallest absolute Gasteiger partial charge is 0.342 e. The van der Waals surface area contributed by atoms with Gasteiger partial charge in [-0.05, 0) is 50.3 Å². The van der Waals surface area contributed by atoms with Crippen LogP contribution in [0.1, 0.15) is 84.4 Å². The highest BCUT2D eigenvalue weighted by Gasteiger charge is 2.27. The average molecular weight is 475 g/mol. The number of hydrogen-bond donors (Lipinski definition) is 1. The summed E-state index contributed by atoms with van der Waals surface area (Å²) in [7, 11) is 0. The predicted molar refractivity (Wildman–Crippen MR) is 130 cm³/mol. The van der Waals surface area contributed by atoms with Gasteiger partial charge in [0.2, 0.25) is 0 Å². The second-order valence-corrected chi connectivity index (χ2v) is 9.18. The fourth-order valence-corrected chi connectivity index (χ4v) is 4.82. The Kier molecular flexibility index (Phi) is 7.01. The van der Waals surface area contributed by atoms with Gasteiger partial charge in [0.1, 0.15) is 17.5 Å². The molecule has 4 rings (SSSR count). The molecular formula is C26H30N6O3. The molecule has 0 unspecified atom stereocenters. The Morgan fingerprint density at radius 3 is 2.63 bits per heavy atom. The van der Waals surface area contributed by atoms with Crippen molar-refractivity contribution in [3.8, 4) is 11.9 Å². The fraction of sp³-hybridized carbons (Fsp3) is 0.423. The van der Waals surface area contributed by atoms with E-state index >= 15 is 0 Å². The molecule has 35 heavy (non-hydrogen) atoms. The molecule has 0 atom stereocenters. The molecule has 3 heterocycles. The van der Waals surface area contributed by atoms with Crippen LogP contribution in [0.3, 0.4) is 0 Å². The Balaban J connectivity index is 1.51. The van der Waals surface area contributed by atoms with Crippen molar-refractivity contribution in [1.82, 2.24) is 19.3 Å². The quantitative estimate of drug-likeness (QED) is 0.501. The number of aromatic nitrogens is 4. The predicted octanol–water partition coefficient (Wildman–Crippen LogP) is 4.59. The molecular weight excluding hydrogens is 444 g/mol. The molecule has 0 saturated heterocycles. The van der Waals surface area contributed by atoms with E-state index < -0.39 is 18.5 Å². The van der Waals surface area contributed by atoms with Crippen molar-refractivity contribution in [2.24, 2.45) is 0 Å². The molecule has 0 aliphatic heterocycles. The van der Waals surface area contributed by atoms with Crippen LogP contribution in [0.25, 0.3) is 5.82 Å². The summed E-state index contributed by atoms with van der Waals surface area (Å²) in [5, 5.41) is 16.9. The molecule has 1 N–H and O–H groups in total. The van der Waals surface area contributed by atoms with E-state index in [9.17, 15) is 14.9 Å². The zero-order chi connectivity index (χ0) is 25.1. The van der Waals surface area contributed by atoms with Gasteiger partial charge in [-0.25, -0.2) is 14.5 Å². The van der Waals surface area contributed by atoms with Crippen LogP contribution in [-0.2, 0) is 9.53 Å². The standard InChI is InChI=1S/C26H30N6O3/c1-16(2)24-21(14-29-32(24)22-11-7-8-12-28-22)26(34)35-15-23(33)30-25-20(13-27)17(3)18(4)31(25)19-9-5-6-10-19/h7-8,11-12,14,16,19H,5-6,9-10,15H2,1-4H3,(H,30,33). The van der Waals surface area contributed by atoms with E-state index in [1.807, 2.05) is 33.8 Å². The van der Waals surface area contributed by atoms with Gasteiger partial charge < -0.3 is 14.6 Å². The molecule has 1 fully saturated rings. The summed E-state index contributed by atoms with van der Waals surface area (Å²) >= 11 is 0. The van der Waals surface area contributed by atoms with Crippen molar-refractivity contribution in [1.29, 1.82) is 5.26 Å². The van der Waals surface area contributed by atoms with Crippen molar-refractivity contribution in [2.75, 3.05) is 11.9 Å². The Labute approximate surface area is 204 Å². The average Bonchev–Trinajstić information content (AvgIpc) is 3.58. The Bertz CT molecular complexity index is 1280. The lowest BCUT2D eigenvalue weighted by atomic mass is 10.1. The van der Waals surface area contributed by atoms with Gasteiger partial charge in [0.05, 0.1) is 17.5 Å². The number of anilines is 1. The van der Waals surface area contributed by atoms with Gasteiger partial charge in [-0.3, -0.25) is 4.79 Å². The summed E-state index contributed by atoms with van der Waals surface area (Å²) in [6, 6.07) is 7.92. The largest absolute Gasteiger partial charge is 0.452 e. The van der Waals surface area contributed by atoms with Gasteiger partial charge in [-0.1, -0.05) is 32.8 Å². The maximum Gasteiger partial charge on any atom is 0.342 e. The number of ether oxygens (including phenoxy) is 1. The van der Waals surface area contributed by atoms with Crippen molar-refractivity contribution >= 4 is 17.7 Å². The first-order chi connectivity index (χ1) is 16.8. The number of esters is 1. The molecule has 1 aliphatic carbocycles. The minimum absolute atomic E-state index is 0.0327. The highest BCUT2D eigenvalue weighted by Crippen LogP contribution is 2.37. The van der Waals surface area contributed by atoms with Crippen molar-refractivity contribution in [2.45, 2.75) is 65.3 Å². The number of nitrogens with zero attached hydrogens (tertiary/aromatic N) is 5. The molecule has 0 spiro atoms. The molecule has 1 amide bonds. The van der Waals surface area contributed by atoms with E-state index in [0.29, 0.717) is 22.9 Å². The molecule has 3 aromatic rings. The summed E-state index contributed by atoms with van der Waals surface area (Å²) in [6.07, 6.45) is 7.36. The van der Waals surface area contributed by atoms with E-state index in [2.05, 4.69) is 26.0 Å². The van der Waals surface area contributed by atoms with E-state index in [-0.39, 0.29) is 17.5 Å². The minimum atomic E-state index is -0.634. The number of nitrogens with one attached hydrogen (secondary N) is 1. The number of carbonyl (C=O) groups is 2. The van der Waals surface area contributed by atoms with Gasteiger partial charge in [0, 0.05) is 17.9 Å². The lowest BCUT2D eigenvalue weighted by Gasteiger charge is -2.19. The molecule has 9 nitrogen and oxygen atoms in total. The van der Waals surface area contributed by atoms with Crippen LogP contribution in [0, 0.1) is 25.2 Å². The van der Waals surface area contributed by atoms with Gasteiger partial charge in [0.25, 0.3) is 5.91 Å². The van der Waals surface area contributed by atoms with Crippen LogP contribution in [0.15, 0.2) is 30.6 Å². The second-order valence-electron chi connectivity index (χ2n) is 9.18. The third-order valence-electron chi connectivity index (χ3n) is 6.59.